The summed E-state index contributed by atoms with van der Waals surface area (Å²) in [5.74, 6) is 0.427. The monoisotopic (exact) mass is 449 g/mol. The highest BCUT2D eigenvalue weighted by Gasteiger charge is 2.32. The van der Waals surface area contributed by atoms with Crippen molar-refractivity contribution < 1.29 is 17.6 Å². The van der Waals surface area contributed by atoms with Gasteiger partial charge < -0.3 is 9.32 Å². The molecule has 3 heterocycles. The van der Waals surface area contributed by atoms with Gasteiger partial charge in [-0.05, 0) is 49.1 Å². The molecule has 2 atom stereocenters. The van der Waals surface area contributed by atoms with Gasteiger partial charge in [0.2, 0.25) is 15.9 Å². The molecule has 0 N–H and O–H groups in total. The lowest BCUT2D eigenvalue weighted by Gasteiger charge is -2.34. The molecular formula is C22H31N3O5S. The van der Waals surface area contributed by atoms with Crippen molar-refractivity contribution in [2.45, 2.75) is 51.5 Å². The van der Waals surface area contributed by atoms with Crippen LogP contribution in [0.3, 0.4) is 0 Å². The van der Waals surface area contributed by atoms with Crippen LogP contribution in [-0.2, 0) is 21.4 Å². The molecule has 1 aromatic carbocycles. The van der Waals surface area contributed by atoms with E-state index in [-0.39, 0.29) is 22.9 Å². The largest absolute Gasteiger partial charge is 0.420 e. The van der Waals surface area contributed by atoms with Gasteiger partial charge in [-0.15, -0.1) is 0 Å². The number of hydrogen-bond acceptors (Lipinski definition) is 5. The molecule has 0 saturated carbocycles. The van der Waals surface area contributed by atoms with E-state index in [9.17, 15) is 18.0 Å². The zero-order valence-electron chi connectivity index (χ0n) is 18.4. The van der Waals surface area contributed by atoms with Crippen molar-refractivity contribution in [3.63, 3.8) is 0 Å². The fourth-order valence-corrected chi connectivity index (χ4v) is 6.50. The van der Waals surface area contributed by atoms with Crippen LogP contribution in [0.5, 0.6) is 0 Å². The smallest absolute Gasteiger partial charge is 0.408 e. The summed E-state index contributed by atoms with van der Waals surface area (Å²) >= 11 is 0. The summed E-state index contributed by atoms with van der Waals surface area (Å²) in [6, 6.07) is 4.47. The van der Waals surface area contributed by atoms with Crippen molar-refractivity contribution in [2.24, 2.45) is 17.8 Å². The van der Waals surface area contributed by atoms with E-state index in [0.29, 0.717) is 49.4 Å². The quantitative estimate of drug-likeness (QED) is 0.715. The Hall–Kier alpha value is -2.13. The molecule has 170 valence electrons. The van der Waals surface area contributed by atoms with Crippen LogP contribution in [0.1, 0.15) is 40.0 Å². The number of piperidine rings is 2. The zero-order chi connectivity index (χ0) is 22.3. The number of rotatable bonds is 4. The van der Waals surface area contributed by atoms with Gasteiger partial charge in [-0.1, -0.05) is 20.8 Å². The van der Waals surface area contributed by atoms with Crippen LogP contribution < -0.4 is 5.76 Å². The second-order valence-electron chi connectivity index (χ2n) is 9.42. The van der Waals surface area contributed by atoms with Gasteiger partial charge in [-0.3, -0.25) is 9.36 Å². The molecule has 4 rings (SSSR count). The van der Waals surface area contributed by atoms with Crippen LogP contribution in [0.25, 0.3) is 11.1 Å². The molecule has 8 nitrogen and oxygen atoms in total. The van der Waals surface area contributed by atoms with E-state index in [2.05, 4.69) is 20.8 Å². The van der Waals surface area contributed by atoms with Gasteiger partial charge in [0.1, 0.15) is 6.54 Å². The van der Waals surface area contributed by atoms with E-state index in [1.165, 1.54) is 21.0 Å². The third-order valence-corrected chi connectivity index (χ3v) is 8.37. The Morgan fingerprint density at radius 2 is 1.71 bits per heavy atom. The molecule has 2 aliphatic rings. The predicted octanol–water partition coefficient (Wildman–Crippen LogP) is 2.52. The lowest BCUT2D eigenvalue weighted by Crippen LogP contribution is -2.42. The summed E-state index contributed by atoms with van der Waals surface area (Å²) in [6.07, 6.45) is 2.93. The average molecular weight is 450 g/mol. The van der Waals surface area contributed by atoms with Gasteiger partial charge in [0.15, 0.2) is 5.58 Å². The fraction of sp³-hybridized carbons (Fsp3) is 0.636. The van der Waals surface area contributed by atoms with Crippen LogP contribution in [0.2, 0.25) is 0 Å². The van der Waals surface area contributed by atoms with Crippen molar-refractivity contribution in [3.8, 4) is 0 Å². The maximum Gasteiger partial charge on any atom is 0.420 e. The van der Waals surface area contributed by atoms with Crippen molar-refractivity contribution in [3.05, 3.63) is 28.7 Å². The first-order valence-corrected chi connectivity index (χ1v) is 12.5. The third-order valence-electron chi connectivity index (χ3n) is 6.54. The molecule has 2 aliphatic heterocycles. The van der Waals surface area contributed by atoms with Crippen LogP contribution >= 0.6 is 0 Å². The Morgan fingerprint density at radius 3 is 2.35 bits per heavy atom. The van der Waals surface area contributed by atoms with Gasteiger partial charge in [-0.25, -0.2) is 13.2 Å². The van der Waals surface area contributed by atoms with Crippen molar-refractivity contribution in [2.75, 3.05) is 26.2 Å². The normalized spacial score (nSPS) is 24.0. The number of nitrogens with zero attached hydrogens (tertiary/aromatic N) is 3. The molecule has 2 aromatic rings. The van der Waals surface area contributed by atoms with Crippen LogP contribution in [0, 0.1) is 17.8 Å². The van der Waals surface area contributed by atoms with Crippen molar-refractivity contribution in [1.82, 2.24) is 13.8 Å². The van der Waals surface area contributed by atoms with Gasteiger partial charge in [-0.2, -0.15) is 4.31 Å². The van der Waals surface area contributed by atoms with Crippen LogP contribution in [0.15, 0.2) is 32.3 Å². The summed E-state index contributed by atoms with van der Waals surface area (Å²) in [5, 5.41) is 0. The topological polar surface area (TPSA) is 92.8 Å². The summed E-state index contributed by atoms with van der Waals surface area (Å²) in [4.78, 5) is 27.0. The van der Waals surface area contributed by atoms with E-state index < -0.39 is 15.8 Å². The number of hydrogen-bond donors (Lipinski definition) is 0. The lowest BCUT2D eigenvalue weighted by atomic mass is 9.94. The van der Waals surface area contributed by atoms with Gasteiger partial charge in [0, 0.05) is 32.2 Å². The minimum absolute atomic E-state index is 0.104. The van der Waals surface area contributed by atoms with Gasteiger partial charge >= 0.3 is 5.76 Å². The SMILES string of the molecule is CC1CCN(C(=O)Cn2c(=O)oc3cc(S(=O)(=O)N4C[C@H](C)C[C@H](C)C4)ccc32)CC1. The molecule has 9 heteroatoms. The average Bonchev–Trinajstić information content (AvgIpc) is 3.02. The number of aromatic nitrogens is 1. The number of benzene rings is 1. The number of oxazole rings is 1. The lowest BCUT2D eigenvalue weighted by molar-refractivity contribution is -0.133. The minimum Gasteiger partial charge on any atom is -0.408 e. The molecule has 0 radical (unpaired) electrons. The second kappa shape index (κ2) is 8.43. The molecular weight excluding hydrogens is 418 g/mol. The number of carbonyl (C=O) groups is 1. The number of fused-ring (bicyclic) bond motifs is 1. The molecule has 0 spiro atoms. The summed E-state index contributed by atoms with van der Waals surface area (Å²) in [6.45, 7) is 8.54. The summed E-state index contributed by atoms with van der Waals surface area (Å²) < 4.78 is 34.5. The van der Waals surface area contributed by atoms with E-state index in [1.54, 1.807) is 11.0 Å². The molecule has 0 bridgehead atoms. The molecule has 2 saturated heterocycles. The van der Waals surface area contributed by atoms with Crippen LogP contribution in [0.4, 0.5) is 0 Å². The van der Waals surface area contributed by atoms with Crippen molar-refractivity contribution in [1.29, 1.82) is 0 Å². The Kier molecular flexibility index (Phi) is 6.00. The minimum atomic E-state index is -3.68. The zero-order valence-corrected chi connectivity index (χ0v) is 19.2. The second-order valence-corrected chi connectivity index (χ2v) is 11.4. The first kappa shape index (κ1) is 22.1. The highest BCUT2D eigenvalue weighted by molar-refractivity contribution is 7.89. The Morgan fingerprint density at radius 1 is 1.06 bits per heavy atom. The first-order chi connectivity index (χ1) is 14.6. The molecule has 1 aromatic heterocycles. The third kappa shape index (κ3) is 4.43. The fourth-order valence-electron chi connectivity index (χ4n) is 4.80. The Balaban J connectivity index is 1.58. The summed E-state index contributed by atoms with van der Waals surface area (Å²) in [7, 11) is -3.68. The number of carbonyl (C=O) groups excluding carboxylic acids is 1. The van der Waals surface area contributed by atoms with Gasteiger partial charge in [0.25, 0.3) is 0 Å². The molecule has 31 heavy (non-hydrogen) atoms. The predicted molar refractivity (Wildman–Crippen MR) is 117 cm³/mol. The van der Waals surface area contributed by atoms with E-state index in [4.69, 9.17) is 4.42 Å². The number of amides is 1. The maximum absolute atomic E-state index is 13.2. The highest BCUT2D eigenvalue weighted by Crippen LogP contribution is 2.28. The summed E-state index contributed by atoms with van der Waals surface area (Å²) in [5.41, 5.74) is 0.618. The van der Waals surface area contributed by atoms with Gasteiger partial charge in [0.05, 0.1) is 10.4 Å². The highest BCUT2D eigenvalue weighted by atomic mass is 32.2. The molecule has 2 fully saturated rings. The standard InChI is InChI=1S/C22H31N3O5S/c1-15-6-8-23(9-7-15)21(26)14-25-19-5-4-18(11-20(19)30-22(25)27)31(28,29)24-12-16(2)10-17(3)13-24/h4-5,11,15-17H,6-10,12-14H2,1-3H3/t16-,17+. The number of sulfonamides is 1. The first-order valence-electron chi connectivity index (χ1n) is 11.1. The Labute approximate surface area is 182 Å². The molecule has 0 aliphatic carbocycles. The van der Waals surface area contributed by atoms with E-state index >= 15 is 0 Å². The maximum atomic E-state index is 13.2. The van der Waals surface area contributed by atoms with Crippen molar-refractivity contribution >= 4 is 27.0 Å². The molecule has 0 unspecified atom stereocenters. The molecule has 1 amide bonds. The van der Waals surface area contributed by atoms with E-state index in [1.807, 2.05) is 0 Å². The number of likely N-dealkylation sites (tertiary alicyclic amines) is 1. The van der Waals surface area contributed by atoms with Crippen LogP contribution in [-0.4, -0.2) is 54.3 Å². The Bertz CT molecular complexity index is 1120. The van der Waals surface area contributed by atoms with E-state index in [0.717, 1.165) is 19.3 Å².